The molecule has 178 valence electrons. The van der Waals surface area contributed by atoms with E-state index in [4.69, 9.17) is 30.8 Å². The molecule has 0 spiro atoms. The summed E-state index contributed by atoms with van der Waals surface area (Å²) < 4.78 is 18.6. The van der Waals surface area contributed by atoms with Crippen molar-refractivity contribution in [3.63, 3.8) is 0 Å². The third kappa shape index (κ3) is 4.44. The molecule has 0 aliphatic heterocycles. The van der Waals surface area contributed by atoms with Gasteiger partial charge >= 0.3 is 0 Å². The summed E-state index contributed by atoms with van der Waals surface area (Å²) >= 11 is 9.56. The summed E-state index contributed by atoms with van der Waals surface area (Å²) in [6.45, 7) is -0.132. The summed E-state index contributed by atoms with van der Waals surface area (Å²) in [4.78, 5) is 18.1. The van der Waals surface area contributed by atoms with Gasteiger partial charge < -0.3 is 13.9 Å². The Morgan fingerprint density at radius 3 is 2.86 bits per heavy atom. The van der Waals surface area contributed by atoms with Gasteiger partial charge in [-0.2, -0.15) is 15.0 Å². The number of hydrogen-bond acceptors (Lipinski definition) is 7. The summed E-state index contributed by atoms with van der Waals surface area (Å²) in [5.74, 6) is 1.40. The number of aromatic nitrogens is 2. The number of rotatable bonds is 6. The van der Waals surface area contributed by atoms with Crippen LogP contribution in [-0.4, -0.2) is 29.6 Å². The van der Waals surface area contributed by atoms with E-state index in [1.807, 2.05) is 12.1 Å². The van der Waals surface area contributed by atoms with E-state index in [1.54, 1.807) is 54.6 Å². The molecule has 8 nitrogen and oxygen atoms in total. The minimum absolute atomic E-state index is 0.132. The third-order valence-electron chi connectivity index (χ3n) is 5.31. The van der Waals surface area contributed by atoms with Crippen LogP contribution in [0.2, 0.25) is 5.02 Å². The molecule has 0 atom stereocenters. The van der Waals surface area contributed by atoms with E-state index in [0.29, 0.717) is 48.8 Å². The van der Waals surface area contributed by atoms with E-state index < -0.39 is 0 Å². The molecule has 2 heterocycles. The molecule has 36 heavy (non-hydrogen) atoms. The molecule has 0 amide bonds. The molecular formula is C26H16BrClN4O4. The molecule has 0 N–H and O–H groups in total. The summed E-state index contributed by atoms with van der Waals surface area (Å²) in [5.41, 5.74) is 1.38. The molecule has 5 rings (SSSR count). The van der Waals surface area contributed by atoms with Crippen LogP contribution in [0.25, 0.3) is 33.5 Å². The Bertz CT molecular complexity index is 1750. The molecule has 0 aliphatic rings. The van der Waals surface area contributed by atoms with Crippen molar-refractivity contribution >= 4 is 55.6 Å². The monoisotopic (exact) mass is 562 g/mol. The summed E-state index contributed by atoms with van der Waals surface area (Å²) in [6.07, 6.45) is 1.50. The van der Waals surface area contributed by atoms with Gasteiger partial charge in [-0.15, -0.1) is 0 Å². The van der Waals surface area contributed by atoms with Crippen LogP contribution in [0.5, 0.6) is 11.5 Å². The number of hydrogen-bond donors (Lipinski definition) is 0. The van der Waals surface area contributed by atoms with Crippen molar-refractivity contribution < 1.29 is 13.9 Å². The zero-order chi connectivity index (χ0) is 25.2. The van der Waals surface area contributed by atoms with Gasteiger partial charge in [0, 0.05) is 10.4 Å². The SMILES string of the molecule is COc1cc(C=Nn2c(-c3cc4cc(Cl)ccc4o3)nc3ccccc3c2=O)cc(Br)c1OCC#N. The van der Waals surface area contributed by atoms with Crippen molar-refractivity contribution in [2.24, 2.45) is 5.10 Å². The van der Waals surface area contributed by atoms with Gasteiger partial charge in [0.15, 0.2) is 23.9 Å². The van der Waals surface area contributed by atoms with Crippen molar-refractivity contribution in [1.29, 1.82) is 5.26 Å². The number of methoxy groups -OCH3 is 1. The van der Waals surface area contributed by atoms with Gasteiger partial charge in [0.1, 0.15) is 11.7 Å². The van der Waals surface area contributed by atoms with E-state index in [9.17, 15) is 4.79 Å². The Balaban J connectivity index is 1.66. The first-order chi connectivity index (χ1) is 17.5. The highest BCUT2D eigenvalue weighted by molar-refractivity contribution is 9.10. The van der Waals surface area contributed by atoms with E-state index in [-0.39, 0.29) is 18.0 Å². The van der Waals surface area contributed by atoms with Crippen molar-refractivity contribution in [3.05, 3.63) is 86.1 Å². The molecule has 2 aromatic heterocycles. The normalized spacial score (nSPS) is 11.3. The molecule has 10 heteroatoms. The third-order valence-corrected chi connectivity index (χ3v) is 6.13. The van der Waals surface area contributed by atoms with Crippen LogP contribution in [-0.2, 0) is 0 Å². The Hall–Kier alpha value is -4.13. The molecular weight excluding hydrogens is 548 g/mol. The minimum atomic E-state index is -0.356. The number of benzene rings is 3. The quantitative estimate of drug-likeness (QED) is 0.234. The lowest BCUT2D eigenvalue weighted by molar-refractivity contribution is 0.327. The van der Waals surface area contributed by atoms with Crippen molar-refractivity contribution in [1.82, 2.24) is 9.66 Å². The van der Waals surface area contributed by atoms with E-state index in [0.717, 1.165) is 5.39 Å². The van der Waals surface area contributed by atoms with Gasteiger partial charge in [0.2, 0.25) is 5.82 Å². The fraction of sp³-hybridized carbons (Fsp3) is 0.0769. The van der Waals surface area contributed by atoms with Crippen molar-refractivity contribution in [2.45, 2.75) is 0 Å². The first kappa shape index (κ1) is 23.6. The Morgan fingerprint density at radius 1 is 1.22 bits per heavy atom. The number of para-hydroxylation sites is 1. The number of fused-ring (bicyclic) bond motifs is 2. The lowest BCUT2D eigenvalue weighted by Crippen LogP contribution is -2.20. The number of nitriles is 1. The summed E-state index contributed by atoms with van der Waals surface area (Å²) in [6, 6.07) is 19.4. The van der Waals surface area contributed by atoms with Gasteiger partial charge in [0.25, 0.3) is 5.56 Å². The standard InChI is InChI=1S/C26H16BrClN4O4/c1-34-22-11-15(10-19(27)24(22)35-9-8-29)14-30-32-25(31-20-5-3-2-4-18(20)26(32)33)23-13-16-12-17(28)6-7-21(16)36-23/h2-7,10-14H,9H2,1H3. The lowest BCUT2D eigenvalue weighted by Gasteiger charge is -2.11. The average Bonchev–Trinajstić information content (AvgIpc) is 3.30. The predicted molar refractivity (Wildman–Crippen MR) is 141 cm³/mol. The fourth-order valence-corrected chi connectivity index (χ4v) is 4.45. The van der Waals surface area contributed by atoms with Gasteiger partial charge in [-0.3, -0.25) is 4.79 Å². The first-order valence-corrected chi connectivity index (χ1v) is 11.8. The number of furan rings is 1. The molecule has 3 aromatic carbocycles. The van der Waals surface area contributed by atoms with Crippen molar-refractivity contribution in [3.8, 4) is 29.2 Å². The van der Waals surface area contributed by atoms with Crippen LogP contribution in [0.1, 0.15) is 5.56 Å². The van der Waals surface area contributed by atoms with Gasteiger partial charge in [-0.05, 0) is 70.0 Å². The zero-order valence-electron chi connectivity index (χ0n) is 18.7. The maximum Gasteiger partial charge on any atom is 0.282 e. The maximum atomic E-state index is 13.4. The predicted octanol–water partition coefficient (Wildman–Crippen LogP) is 6.02. The molecule has 5 aromatic rings. The molecule has 0 unspecified atom stereocenters. The smallest absolute Gasteiger partial charge is 0.282 e. The second-order valence-corrected chi connectivity index (χ2v) is 8.88. The number of nitrogens with zero attached hydrogens (tertiary/aromatic N) is 4. The van der Waals surface area contributed by atoms with E-state index >= 15 is 0 Å². The Morgan fingerprint density at radius 2 is 2.06 bits per heavy atom. The largest absolute Gasteiger partial charge is 0.493 e. The minimum Gasteiger partial charge on any atom is -0.493 e. The highest BCUT2D eigenvalue weighted by Crippen LogP contribution is 2.36. The molecule has 0 bridgehead atoms. The van der Waals surface area contributed by atoms with E-state index in [1.165, 1.54) is 18.0 Å². The van der Waals surface area contributed by atoms with Crippen LogP contribution >= 0.6 is 27.5 Å². The van der Waals surface area contributed by atoms with Crippen LogP contribution in [0.4, 0.5) is 0 Å². The highest BCUT2D eigenvalue weighted by Gasteiger charge is 2.17. The summed E-state index contributed by atoms with van der Waals surface area (Å²) in [7, 11) is 1.49. The Kier molecular flexibility index (Phi) is 6.46. The average molecular weight is 564 g/mol. The van der Waals surface area contributed by atoms with Gasteiger partial charge in [-0.25, -0.2) is 4.98 Å². The lowest BCUT2D eigenvalue weighted by atomic mass is 10.2. The van der Waals surface area contributed by atoms with Crippen LogP contribution < -0.4 is 15.0 Å². The number of ether oxygens (including phenoxy) is 2. The molecule has 0 fully saturated rings. The fourth-order valence-electron chi connectivity index (χ4n) is 3.70. The molecule has 0 saturated carbocycles. The Labute approximate surface area is 218 Å². The van der Waals surface area contributed by atoms with Crippen LogP contribution in [0.3, 0.4) is 0 Å². The van der Waals surface area contributed by atoms with Crippen LogP contribution in [0, 0.1) is 11.3 Å². The van der Waals surface area contributed by atoms with Crippen molar-refractivity contribution in [2.75, 3.05) is 13.7 Å². The number of halogens is 2. The maximum absolute atomic E-state index is 13.4. The molecule has 0 radical (unpaired) electrons. The zero-order valence-corrected chi connectivity index (χ0v) is 21.1. The second kappa shape index (κ2) is 9.85. The van der Waals surface area contributed by atoms with Crippen LogP contribution in [0.15, 0.2) is 79.4 Å². The topological polar surface area (TPSA) is 103 Å². The molecule has 0 saturated heterocycles. The van der Waals surface area contributed by atoms with E-state index in [2.05, 4.69) is 26.0 Å². The summed E-state index contributed by atoms with van der Waals surface area (Å²) in [5, 5.41) is 15.0. The highest BCUT2D eigenvalue weighted by atomic mass is 79.9. The van der Waals surface area contributed by atoms with Gasteiger partial charge in [-0.1, -0.05) is 23.7 Å². The first-order valence-electron chi connectivity index (χ1n) is 10.6. The molecule has 0 aliphatic carbocycles. The van der Waals surface area contributed by atoms with Gasteiger partial charge in [0.05, 0.1) is 28.7 Å². The second-order valence-electron chi connectivity index (χ2n) is 7.59.